The first-order valence-electron chi connectivity index (χ1n) is 36.4. The Bertz CT molecular complexity index is 3670. The number of thiophene rings is 1. The summed E-state index contributed by atoms with van der Waals surface area (Å²) in [4.78, 5) is 1.52. The summed E-state index contributed by atoms with van der Waals surface area (Å²) in [5, 5.41) is 5.94. The number of methoxy groups -OCH3 is 3. The maximum absolute atomic E-state index is 13.1. The van der Waals surface area contributed by atoms with Crippen LogP contribution in [0.3, 0.4) is 0 Å². The summed E-state index contributed by atoms with van der Waals surface area (Å²) in [6.45, 7) is 49.1. The molecule has 4 nitrogen and oxygen atoms in total. The zero-order valence-corrected chi connectivity index (χ0v) is 74.0. The molecule has 0 unspecified atom stereocenters. The van der Waals surface area contributed by atoms with Crippen LogP contribution in [0.15, 0.2) is 192 Å². The van der Waals surface area contributed by atoms with Crippen molar-refractivity contribution < 1.29 is 36.5 Å². The van der Waals surface area contributed by atoms with Crippen LogP contribution in [0, 0.1) is 30.5 Å². The summed E-state index contributed by atoms with van der Waals surface area (Å²) >= 11 is 34.7. The highest BCUT2D eigenvalue weighted by molar-refractivity contribution is 9.10. The van der Waals surface area contributed by atoms with Crippen molar-refractivity contribution in [1.82, 2.24) is 0 Å². The number of hydrogen-bond acceptors (Lipinski definition) is 5. The largest absolute Gasteiger partial charge is 0.573 e. The van der Waals surface area contributed by atoms with E-state index in [-0.39, 0.29) is 23.4 Å². The van der Waals surface area contributed by atoms with E-state index in [1.807, 2.05) is 130 Å². The molecule has 9 rings (SSSR count). The Morgan fingerprint density at radius 1 is 0.387 bits per heavy atom. The lowest BCUT2D eigenvalue weighted by Gasteiger charge is -2.14. The molecule has 0 aliphatic rings. The van der Waals surface area contributed by atoms with Crippen LogP contribution in [0.5, 0.6) is 23.0 Å². The topological polar surface area (TPSA) is 36.9 Å². The Hall–Kier alpha value is -5.69. The standard InChI is InChI=1S/C10H13BrO.C10H13ClO.C10H13Cl.C10H11F3O.C10H13FO.C9H10Cl2.C9H11Cl.C9H12.C8H12S.C6H14/c2*1-7(2)9-6-8(12-3)4-5-10(9)11;1-8(2)6-9-4-3-5-10(11)7-9;1-7(2)8-5-3-4-6-9(8)14-10(11,12)13;1-7(2)9-6-8(12-3)4-5-10(9)11;1-6(2)7-3-4-8(10)9(11)5-7;1-7(2)8-5-3-4-6-9(8)10;1-8(2)9-6-4-3-5-7-9;1-6(2)8-7(3)4-5-9-8;1-5(2)6(3)4/h2*4-7H,1-3H3;3-5,7-8H,6H2,1-2H3;3-7H,1-2H3;4-7H,1-3H3;3-6H,1-2H3;3-7H,1-2H3;3-8H,1-2H3;4-6H,1-3H3;5-6H,1-4H3. The predicted molar refractivity (Wildman–Crippen MR) is 461 cm³/mol. The number of rotatable bonds is 15. The van der Waals surface area contributed by atoms with Gasteiger partial charge in [0.05, 0.1) is 31.4 Å². The highest BCUT2D eigenvalue weighted by Crippen LogP contribution is 2.33. The second-order valence-electron chi connectivity index (χ2n) is 28.8. The first-order chi connectivity index (χ1) is 49.5. The van der Waals surface area contributed by atoms with Crippen LogP contribution in [0.4, 0.5) is 17.6 Å². The summed E-state index contributed by atoms with van der Waals surface area (Å²) in [6, 6.07) is 57.2. The fourth-order valence-electron chi connectivity index (χ4n) is 9.21. The quantitative estimate of drug-likeness (QED) is 0.0959. The summed E-state index contributed by atoms with van der Waals surface area (Å²) in [5.74, 6) is 8.17. The highest BCUT2D eigenvalue weighted by Gasteiger charge is 2.32. The molecule has 106 heavy (non-hydrogen) atoms. The fourth-order valence-corrected chi connectivity index (χ4v) is 12.1. The van der Waals surface area contributed by atoms with Gasteiger partial charge < -0.3 is 18.9 Å². The Labute approximate surface area is 675 Å². The first-order valence-corrected chi connectivity index (χ1v) is 40.0. The Morgan fingerprint density at radius 2 is 0.830 bits per heavy atom. The number of benzene rings is 8. The van der Waals surface area contributed by atoms with Crippen LogP contribution in [0.25, 0.3) is 0 Å². The molecule has 15 heteroatoms. The molecule has 0 aliphatic carbocycles. The van der Waals surface area contributed by atoms with Crippen LogP contribution < -0.4 is 18.9 Å². The minimum Gasteiger partial charge on any atom is -0.497 e. The van der Waals surface area contributed by atoms with Crippen molar-refractivity contribution in [2.75, 3.05) is 21.3 Å². The van der Waals surface area contributed by atoms with Gasteiger partial charge in [0.25, 0.3) is 0 Å². The average molecular weight is 1650 g/mol. The van der Waals surface area contributed by atoms with Crippen LogP contribution in [-0.4, -0.2) is 27.7 Å². The fraction of sp³-hybridized carbons (Fsp3) is 0.429. The van der Waals surface area contributed by atoms with E-state index in [0.29, 0.717) is 68.3 Å². The van der Waals surface area contributed by atoms with E-state index < -0.39 is 6.36 Å². The maximum Gasteiger partial charge on any atom is 0.573 e. The summed E-state index contributed by atoms with van der Waals surface area (Å²) in [6.07, 6.45) is -3.51. The molecular weight excluding hydrogens is 1520 g/mol. The van der Waals surface area contributed by atoms with Gasteiger partial charge in [0.1, 0.15) is 28.8 Å². The van der Waals surface area contributed by atoms with Gasteiger partial charge in [-0.05, 0) is 231 Å². The van der Waals surface area contributed by atoms with E-state index in [2.05, 4.69) is 206 Å². The lowest BCUT2D eigenvalue weighted by molar-refractivity contribution is -0.275. The molecule has 0 radical (unpaired) electrons. The summed E-state index contributed by atoms with van der Waals surface area (Å²) in [7, 11) is 4.93. The lowest BCUT2D eigenvalue weighted by atomic mass is 10.0. The number of alkyl halides is 3. The van der Waals surface area contributed by atoms with Gasteiger partial charge in [-0.15, -0.1) is 24.5 Å². The third kappa shape index (κ3) is 42.9. The van der Waals surface area contributed by atoms with Crippen molar-refractivity contribution in [3.8, 4) is 23.0 Å². The van der Waals surface area contributed by atoms with Crippen LogP contribution in [0.2, 0.25) is 25.1 Å². The van der Waals surface area contributed by atoms with Gasteiger partial charge >= 0.3 is 6.36 Å². The van der Waals surface area contributed by atoms with Crippen molar-refractivity contribution in [2.45, 2.75) is 219 Å². The minimum atomic E-state index is -4.62. The molecule has 1 aromatic heterocycles. The Kier molecular flexibility index (Phi) is 51.1. The summed E-state index contributed by atoms with van der Waals surface area (Å²) < 4.78 is 69.3. The van der Waals surface area contributed by atoms with Gasteiger partial charge in [-0.25, -0.2) is 4.39 Å². The van der Waals surface area contributed by atoms with Gasteiger partial charge in [-0.1, -0.05) is 311 Å². The molecule has 0 saturated heterocycles. The Morgan fingerprint density at radius 3 is 1.23 bits per heavy atom. The van der Waals surface area contributed by atoms with E-state index in [0.717, 1.165) is 54.9 Å². The zero-order chi connectivity index (χ0) is 81.1. The number of aryl methyl sites for hydroxylation is 1. The maximum atomic E-state index is 13.1. The van der Waals surface area contributed by atoms with Gasteiger partial charge in [0.2, 0.25) is 0 Å². The van der Waals surface area contributed by atoms with Crippen molar-refractivity contribution >= 4 is 85.3 Å². The highest BCUT2D eigenvalue weighted by atomic mass is 79.9. The molecule has 0 saturated carbocycles. The minimum absolute atomic E-state index is 0.00792. The van der Waals surface area contributed by atoms with Gasteiger partial charge in [0.15, 0.2) is 0 Å². The number of ether oxygens (including phenoxy) is 4. The average Bonchev–Trinajstić information content (AvgIpc) is 1.24. The van der Waals surface area contributed by atoms with E-state index in [4.69, 9.17) is 72.2 Å². The van der Waals surface area contributed by atoms with Gasteiger partial charge in [-0.3, -0.25) is 0 Å². The van der Waals surface area contributed by atoms with Crippen LogP contribution in [0.1, 0.15) is 255 Å². The van der Waals surface area contributed by atoms with Crippen molar-refractivity contribution in [3.05, 3.63) is 278 Å². The number of para-hydroxylation sites is 1. The third-order valence-electron chi connectivity index (χ3n) is 16.1. The molecule has 0 spiro atoms. The summed E-state index contributed by atoms with van der Waals surface area (Å²) in [5.41, 5.74) is 10.3. The molecular formula is C91H122BrCl5F4O4S. The van der Waals surface area contributed by atoms with Crippen molar-refractivity contribution in [1.29, 1.82) is 0 Å². The van der Waals surface area contributed by atoms with Crippen LogP contribution >= 0.6 is 85.3 Å². The van der Waals surface area contributed by atoms with Gasteiger partial charge in [-0.2, -0.15) is 0 Å². The second kappa shape index (κ2) is 54.0. The molecule has 0 aliphatic heterocycles. The molecule has 8 aromatic carbocycles. The zero-order valence-electron chi connectivity index (χ0n) is 67.8. The van der Waals surface area contributed by atoms with E-state index in [1.54, 1.807) is 45.6 Å². The van der Waals surface area contributed by atoms with E-state index >= 15 is 0 Å². The number of halogens is 10. The molecule has 0 N–H and O–H groups in total. The third-order valence-corrected chi connectivity index (χ3v) is 19.8. The first kappa shape index (κ1) is 100. The second-order valence-corrected chi connectivity index (χ2v) is 32.6. The molecule has 0 fully saturated rings. The monoisotopic (exact) mass is 1640 g/mol. The van der Waals surface area contributed by atoms with E-state index in [1.165, 1.54) is 56.5 Å². The van der Waals surface area contributed by atoms with Crippen molar-refractivity contribution in [2.24, 2.45) is 17.8 Å². The number of hydrogen-bond donors (Lipinski definition) is 0. The molecule has 9 aromatic rings. The molecule has 586 valence electrons. The van der Waals surface area contributed by atoms with E-state index in [9.17, 15) is 17.6 Å². The molecule has 0 atom stereocenters. The molecule has 0 amide bonds. The molecule has 0 bridgehead atoms. The predicted octanol–water partition coefficient (Wildman–Crippen LogP) is 33.1. The normalized spacial score (nSPS) is 10.7. The Balaban J connectivity index is 0.00000116. The lowest BCUT2D eigenvalue weighted by Crippen LogP contribution is -2.18. The van der Waals surface area contributed by atoms with Crippen LogP contribution in [-0.2, 0) is 6.42 Å². The van der Waals surface area contributed by atoms with Crippen molar-refractivity contribution in [3.63, 3.8) is 0 Å². The van der Waals surface area contributed by atoms with Gasteiger partial charge in [0, 0.05) is 24.4 Å². The molecule has 1 heterocycles. The SMILES string of the molecule is CC(C)C(C)C.CC(C)Cc1cccc(Cl)c1.CC(C)c1ccc(Cl)c(Cl)c1.CC(C)c1ccccc1.CC(C)c1ccccc1Cl.CC(C)c1ccccc1OC(F)(F)F.COc1ccc(Br)c(C(C)C)c1.COc1ccc(Cl)c(C(C)C)c1.COc1ccc(F)c(C(C)C)c1.Cc1ccsc1C(C)C. The smallest absolute Gasteiger partial charge is 0.497 e.